The Hall–Kier alpha value is 0.690. The van der Waals surface area contributed by atoms with Gasteiger partial charge in [-0.1, -0.05) is 35.9 Å². The smallest absolute Gasteiger partial charge is 0.00332 e. The first-order valence-electron chi connectivity index (χ1n) is 3.68. The van der Waals surface area contributed by atoms with Crippen molar-refractivity contribution in [3.8, 4) is 0 Å². The third-order valence-corrected chi connectivity index (χ3v) is 1.21. The van der Waals surface area contributed by atoms with Gasteiger partial charge in [-0.3, -0.25) is 0 Å². The molecule has 1 aliphatic heterocycles. The highest BCUT2D eigenvalue weighted by molar-refractivity contribution is 14.1. The van der Waals surface area contributed by atoms with E-state index in [-0.39, 0.29) is 0 Å². The minimum Gasteiger partial charge on any atom is -0.317 e. The van der Waals surface area contributed by atoms with Crippen LogP contribution in [0.15, 0.2) is 0 Å². The summed E-state index contributed by atoms with van der Waals surface area (Å²) < 4.78 is 1.22. The van der Waals surface area contributed by atoms with E-state index in [1.165, 1.54) is 36.8 Å². The second-order valence-corrected chi connectivity index (χ2v) is 3.60. The maximum atomic E-state index is 3.28. The lowest BCUT2D eigenvalue weighted by Crippen LogP contribution is -2.21. The molecule has 1 saturated heterocycles. The van der Waals surface area contributed by atoms with Gasteiger partial charge < -0.3 is 5.32 Å². The van der Waals surface area contributed by atoms with E-state index < -0.39 is 0 Å². The molecular weight excluding hydrogens is 225 g/mol. The van der Waals surface area contributed by atoms with Gasteiger partial charge in [-0.25, -0.2) is 0 Å². The third kappa shape index (κ3) is 8.69. The number of nitrogens with one attached hydrogen (secondary N) is 1. The number of hydrogen-bond donors (Lipinski definition) is 1. The molecule has 0 aromatic carbocycles. The Morgan fingerprint density at radius 3 is 1.78 bits per heavy atom. The average molecular weight is 241 g/mol. The van der Waals surface area contributed by atoms with E-state index >= 15 is 0 Å². The molecule has 0 aromatic rings. The molecule has 0 radical (unpaired) electrons. The van der Waals surface area contributed by atoms with Crippen LogP contribution < -0.4 is 5.32 Å². The van der Waals surface area contributed by atoms with Crippen LogP contribution in [-0.2, 0) is 0 Å². The molecule has 1 N–H and O–H groups in total. The Labute approximate surface area is 71.7 Å². The lowest BCUT2D eigenvalue weighted by molar-refractivity contribution is 0.520. The van der Waals surface area contributed by atoms with Crippen molar-refractivity contribution >= 4 is 22.6 Å². The highest BCUT2D eigenvalue weighted by Gasteiger charge is 1.93. The standard InChI is InChI=1S/C5H11N.C2H5I/c1-2-4-6-5-3-1;1-2-3/h6H,1-5H2;2H2,1H3. The summed E-state index contributed by atoms with van der Waals surface area (Å²) in [5.41, 5.74) is 0. The van der Waals surface area contributed by atoms with E-state index in [0.29, 0.717) is 0 Å². The molecule has 0 unspecified atom stereocenters. The van der Waals surface area contributed by atoms with Crippen LogP contribution in [0.5, 0.6) is 0 Å². The molecule has 0 amide bonds. The van der Waals surface area contributed by atoms with Crippen LogP contribution in [-0.4, -0.2) is 17.5 Å². The first kappa shape index (κ1) is 9.69. The van der Waals surface area contributed by atoms with Crippen LogP contribution in [0.1, 0.15) is 26.2 Å². The van der Waals surface area contributed by atoms with E-state index in [1.54, 1.807) is 0 Å². The maximum absolute atomic E-state index is 3.28. The molecule has 0 aliphatic carbocycles. The van der Waals surface area contributed by atoms with Crippen LogP contribution in [0.2, 0.25) is 0 Å². The molecule has 1 rings (SSSR count). The topological polar surface area (TPSA) is 12.0 Å². The van der Waals surface area contributed by atoms with Gasteiger partial charge in [0.1, 0.15) is 0 Å². The summed E-state index contributed by atoms with van der Waals surface area (Å²) in [5.74, 6) is 0. The summed E-state index contributed by atoms with van der Waals surface area (Å²) in [6.45, 7) is 4.61. The van der Waals surface area contributed by atoms with Gasteiger partial charge in [0.2, 0.25) is 0 Å². The molecule has 1 nitrogen and oxygen atoms in total. The quantitative estimate of drug-likeness (QED) is 0.506. The van der Waals surface area contributed by atoms with Gasteiger partial charge in [-0.2, -0.15) is 0 Å². The van der Waals surface area contributed by atoms with Crippen LogP contribution in [0.4, 0.5) is 0 Å². The summed E-state index contributed by atoms with van der Waals surface area (Å²) >= 11 is 2.29. The Kier molecular flexibility index (Phi) is 9.36. The predicted octanol–water partition coefficient (Wildman–Crippen LogP) is 2.20. The molecule has 0 atom stereocenters. The molecule has 1 fully saturated rings. The van der Waals surface area contributed by atoms with Crippen LogP contribution in [0, 0.1) is 0 Å². The minimum atomic E-state index is 1.22. The molecule has 56 valence electrons. The zero-order valence-electron chi connectivity index (χ0n) is 6.12. The van der Waals surface area contributed by atoms with Crippen molar-refractivity contribution in [2.75, 3.05) is 17.5 Å². The molecule has 0 saturated carbocycles. The molecule has 9 heavy (non-hydrogen) atoms. The van der Waals surface area contributed by atoms with Gasteiger partial charge in [0.15, 0.2) is 0 Å². The van der Waals surface area contributed by atoms with Crippen LogP contribution in [0.25, 0.3) is 0 Å². The van der Waals surface area contributed by atoms with Crippen molar-refractivity contribution in [3.63, 3.8) is 0 Å². The van der Waals surface area contributed by atoms with E-state index in [0.717, 1.165) is 0 Å². The van der Waals surface area contributed by atoms with E-state index in [9.17, 15) is 0 Å². The van der Waals surface area contributed by atoms with E-state index in [1.807, 2.05) is 0 Å². The fourth-order valence-electron chi connectivity index (χ4n) is 0.802. The van der Waals surface area contributed by atoms with Crippen molar-refractivity contribution in [1.29, 1.82) is 0 Å². The van der Waals surface area contributed by atoms with Gasteiger partial charge in [0.25, 0.3) is 0 Å². The molecule has 2 heteroatoms. The Morgan fingerprint density at radius 1 is 1.22 bits per heavy atom. The Bertz CT molecular complexity index is 32.7. The fourth-order valence-corrected chi connectivity index (χ4v) is 0.802. The first-order valence-corrected chi connectivity index (χ1v) is 5.21. The normalized spacial score (nSPS) is 18.0. The Morgan fingerprint density at radius 2 is 1.67 bits per heavy atom. The number of hydrogen-bond acceptors (Lipinski definition) is 1. The van der Waals surface area contributed by atoms with Crippen molar-refractivity contribution in [2.45, 2.75) is 26.2 Å². The van der Waals surface area contributed by atoms with Gasteiger partial charge in [0, 0.05) is 0 Å². The molecule has 1 heterocycles. The number of piperidine rings is 1. The third-order valence-electron chi connectivity index (χ3n) is 1.21. The van der Waals surface area contributed by atoms with Gasteiger partial charge >= 0.3 is 0 Å². The average Bonchev–Trinajstić information content (AvgIpc) is 1.93. The number of halogens is 1. The highest BCUT2D eigenvalue weighted by atomic mass is 127. The SMILES string of the molecule is C1CCNCC1.CCI. The lowest BCUT2D eigenvalue weighted by Gasteiger charge is -2.08. The largest absolute Gasteiger partial charge is 0.317 e. The van der Waals surface area contributed by atoms with Crippen LogP contribution in [0.3, 0.4) is 0 Å². The number of rotatable bonds is 0. The van der Waals surface area contributed by atoms with Gasteiger partial charge in [0.05, 0.1) is 0 Å². The lowest BCUT2D eigenvalue weighted by atomic mass is 10.2. The summed E-state index contributed by atoms with van der Waals surface area (Å²) in [5, 5.41) is 3.28. The zero-order chi connectivity index (χ0) is 6.95. The first-order chi connectivity index (χ1) is 4.41. The summed E-state index contributed by atoms with van der Waals surface area (Å²) in [6.07, 6.45) is 4.22. The number of alkyl halides is 1. The fraction of sp³-hybridized carbons (Fsp3) is 1.00. The molecular formula is C7H16IN. The second-order valence-electron chi connectivity index (χ2n) is 2.08. The van der Waals surface area contributed by atoms with Gasteiger partial charge in [-0.05, 0) is 30.4 Å². The van der Waals surface area contributed by atoms with Crippen molar-refractivity contribution in [1.82, 2.24) is 5.32 Å². The summed E-state index contributed by atoms with van der Waals surface area (Å²) in [6, 6.07) is 0. The van der Waals surface area contributed by atoms with Crippen LogP contribution >= 0.6 is 22.6 Å². The van der Waals surface area contributed by atoms with Crippen molar-refractivity contribution in [3.05, 3.63) is 0 Å². The Balaban J connectivity index is 0.000000187. The van der Waals surface area contributed by atoms with Crippen molar-refractivity contribution < 1.29 is 0 Å². The second kappa shape index (κ2) is 8.69. The molecule has 0 spiro atoms. The minimum absolute atomic E-state index is 1.22. The highest BCUT2D eigenvalue weighted by Crippen LogP contribution is 1.96. The monoisotopic (exact) mass is 241 g/mol. The molecule has 0 bridgehead atoms. The molecule has 0 aromatic heterocycles. The van der Waals surface area contributed by atoms with Gasteiger partial charge in [-0.15, -0.1) is 0 Å². The summed E-state index contributed by atoms with van der Waals surface area (Å²) in [7, 11) is 0. The zero-order valence-corrected chi connectivity index (χ0v) is 8.28. The molecule has 1 aliphatic rings. The predicted molar refractivity (Wildman–Crippen MR) is 51.3 cm³/mol. The van der Waals surface area contributed by atoms with E-state index in [2.05, 4.69) is 34.8 Å². The van der Waals surface area contributed by atoms with Crippen molar-refractivity contribution in [2.24, 2.45) is 0 Å². The van der Waals surface area contributed by atoms with E-state index in [4.69, 9.17) is 0 Å². The maximum Gasteiger partial charge on any atom is -0.00332 e. The summed E-state index contributed by atoms with van der Waals surface area (Å²) in [4.78, 5) is 0.